The zero-order valence-electron chi connectivity index (χ0n) is 13.5. The molecule has 116 valence electrons. The summed E-state index contributed by atoms with van der Waals surface area (Å²) in [5, 5.41) is 5.55. The maximum atomic E-state index is 5.97. The van der Waals surface area contributed by atoms with Crippen LogP contribution < -0.4 is 5.32 Å². The molecule has 0 aromatic carbocycles. The lowest BCUT2D eigenvalue weighted by molar-refractivity contribution is 0.292. The number of aryl methyl sites for hydroxylation is 1. The highest BCUT2D eigenvalue weighted by Gasteiger charge is 2.10. The van der Waals surface area contributed by atoms with E-state index in [1.54, 1.807) is 0 Å². The van der Waals surface area contributed by atoms with Crippen LogP contribution in [0.1, 0.15) is 35.8 Å². The lowest BCUT2D eigenvalue weighted by Gasteiger charge is -2.14. The average molecular weight is 306 g/mol. The number of nitrogens with one attached hydrogen (secondary N) is 1. The van der Waals surface area contributed by atoms with Crippen molar-refractivity contribution in [2.24, 2.45) is 0 Å². The van der Waals surface area contributed by atoms with Crippen molar-refractivity contribution in [2.75, 3.05) is 13.6 Å². The first-order valence-corrected chi connectivity index (χ1v) is 8.45. The topological polar surface area (TPSA) is 28.4 Å². The number of hydrogen-bond acceptors (Lipinski definition) is 4. The van der Waals surface area contributed by atoms with Gasteiger partial charge in [0.2, 0.25) is 0 Å². The van der Waals surface area contributed by atoms with E-state index in [-0.39, 0.29) is 0 Å². The molecular weight excluding hydrogens is 280 g/mol. The van der Waals surface area contributed by atoms with Crippen molar-refractivity contribution >= 4 is 11.3 Å². The maximum absolute atomic E-state index is 5.97. The van der Waals surface area contributed by atoms with Crippen LogP contribution in [0.4, 0.5) is 0 Å². The molecule has 0 fully saturated rings. The summed E-state index contributed by atoms with van der Waals surface area (Å²) in [7, 11) is 2.15. The highest BCUT2D eigenvalue weighted by atomic mass is 32.1. The van der Waals surface area contributed by atoms with Gasteiger partial charge in [-0.15, -0.1) is 11.3 Å². The second kappa shape index (κ2) is 7.78. The van der Waals surface area contributed by atoms with Crippen molar-refractivity contribution in [1.82, 2.24) is 10.2 Å². The third kappa shape index (κ3) is 5.30. The molecule has 0 aliphatic rings. The van der Waals surface area contributed by atoms with E-state index in [2.05, 4.69) is 61.6 Å². The van der Waals surface area contributed by atoms with Crippen LogP contribution in [0, 0.1) is 6.92 Å². The van der Waals surface area contributed by atoms with Crippen LogP contribution >= 0.6 is 11.3 Å². The van der Waals surface area contributed by atoms with E-state index in [1.165, 1.54) is 10.4 Å². The lowest BCUT2D eigenvalue weighted by atomic mass is 10.2. The molecule has 4 heteroatoms. The molecule has 1 N–H and O–H groups in total. The Morgan fingerprint density at radius 3 is 2.86 bits per heavy atom. The predicted molar refractivity (Wildman–Crippen MR) is 89.8 cm³/mol. The number of rotatable bonds is 8. The van der Waals surface area contributed by atoms with Crippen LogP contribution in [0.15, 0.2) is 28.0 Å². The molecule has 0 unspecified atom stereocenters. The first-order chi connectivity index (χ1) is 10.0. The fraction of sp³-hybridized carbons (Fsp3) is 0.529. The number of thiophene rings is 1. The SMILES string of the molecule is Cc1cc(CN(C)CCc2cccs2)oc1CNC(C)C. The third-order valence-electron chi connectivity index (χ3n) is 3.49. The van der Waals surface area contributed by atoms with Crippen LogP contribution in [0.5, 0.6) is 0 Å². The highest BCUT2D eigenvalue weighted by molar-refractivity contribution is 7.09. The normalized spacial score (nSPS) is 11.7. The summed E-state index contributed by atoms with van der Waals surface area (Å²) >= 11 is 1.83. The largest absolute Gasteiger partial charge is 0.463 e. The Kier molecular flexibility index (Phi) is 6.03. The molecule has 0 aliphatic heterocycles. The minimum Gasteiger partial charge on any atom is -0.463 e. The molecule has 0 saturated heterocycles. The summed E-state index contributed by atoms with van der Waals surface area (Å²) in [5.41, 5.74) is 1.24. The number of likely N-dealkylation sites (N-methyl/N-ethyl adjacent to an activating group) is 1. The molecule has 21 heavy (non-hydrogen) atoms. The summed E-state index contributed by atoms with van der Waals surface area (Å²) in [6.45, 7) is 9.15. The van der Waals surface area contributed by atoms with Gasteiger partial charge in [-0.2, -0.15) is 0 Å². The Morgan fingerprint density at radius 2 is 2.19 bits per heavy atom. The first-order valence-electron chi connectivity index (χ1n) is 7.57. The summed E-state index contributed by atoms with van der Waals surface area (Å²) in [4.78, 5) is 3.76. The van der Waals surface area contributed by atoms with Crippen molar-refractivity contribution in [3.8, 4) is 0 Å². The van der Waals surface area contributed by atoms with E-state index in [9.17, 15) is 0 Å². The fourth-order valence-electron chi connectivity index (χ4n) is 2.24. The summed E-state index contributed by atoms with van der Waals surface area (Å²) in [6, 6.07) is 6.96. The molecular formula is C17H26N2OS. The third-order valence-corrected chi connectivity index (χ3v) is 4.42. The fourth-order valence-corrected chi connectivity index (χ4v) is 2.94. The van der Waals surface area contributed by atoms with Gasteiger partial charge in [-0.05, 0) is 43.5 Å². The Balaban J connectivity index is 1.83. The van der Waals surface area contributed by atoms with Crippen molar-refractivity contribution < 1.29 is 4.42 Å². The maximum Gasteiger partial charge on any atom is 0.120 e. The number of hydrogen-bond donors (Lipinski definition) is 1. The predicted octanol–water partition coefficient (Wildman–Crippen LogP) is 3.82. The average Bonchev–Trinajstić information content (AvgIpc) is 3.04. The Labute approximate surface area is 132 Å². The van der Waals surface area contributed by atoms with Gasteiger partial charge in [-0.3, -0.25) is 4.90 Å². The van der Waals surface area contributed by atoms with E-state index >= 15 is 0 Å². The lowest BCUT2D eigenvalue weighted by Crippen LogP contribution is -2.22. The van der Waals surface area contributed by atoms with Crippen molar-refractivity contribution in [3.05, 3.63) is 45.5 Å². The molecule has 2 aromatic heterocycles. The highest BCUT2D eigenvalue weighted by Crippen LogP contribution is 2.17. The van der Waals surface area contributed by atoms with Crippen LogP contribution in [0.3, 0.4) is 0 Å². The molecule has 2 heterocycles. The summed E-state index contributed by atoms with van der Waals surface area (Å²) in [5.74, 6) is 2.12. The van der Waals surface area contributed by atoms with Gasteiger partial charge in [0.25, 0.3) is 0 Å². The Morgan fingerprint density at radius 1 is 1.38 bits per heavy atom. The number of nitrogens with zero attached hydrogens (tertiary/aromatic N) is 1. The monoisotopic (exact) mass is 306 g/mol. The molecule has 2 rings (SSSR count). The smallest absolute Gasteiger partial charge is 0.120 e. The second-order valence-corrected chi connectivity index (χ2v) is 6.95. The first kappa shape index (κ1) is 16.3. The molecule has 0 bridgehead atoms. The molecule has 0 radical (unpaired) electrons. The molecule has 0 aliphatic carbocycles. The summed E-state index contributed by atoms with van der Waals surface area (Å²) in [6.07, 6.45) is 1.11. The molecule has 0 amide bonds. The Hall–Kier alpha value is -1.10. The van der Waals surface area contributed by atoms with Crippen LogP contribution in [-0.2, 0) is 19.5 Å². The molecule has 0 atom stereocenters. The summed E-state index contributed by atoms with van der Waals surface area (Å²) < 4.78 is 5.97. The van der Waals surface area contributed by atoms with Gasteiger partial charge in [-0.25, -0.2) is 0 Å². The van der Waals surface area contributed by atoms with Gasteiger partial charge in [0.05, 0.1) is 13.1 Å². The molecule has 2 aromatic rings. The van der Waals surface area contributed by atoms with E-state index in [0.717, 1.165) is 37.6 Å². The van der Waals surface area contributed by atoms with E-state index in [0.29, 0.717) is 6.04 Å². The van der Waals surface area contributed by atoms with Gasteiger partial charge in [0.1, 0.15) is 11.5 Å². The van der Waals surface area contributed by atoms with Crippen molar-refractivity contribution in [2.45, 2.75) is 46.3 Å². The van der Waals surface area contributed by atoms with Crippen LogP contribution in [-0.4, -0.2) is 24.5 Å². The van der Waals surface area contributed by atoms with Crippen LogP contribution in [0.2, 0.25) is 0 Å². The van der Waals surface area contributed by atoms with Gasteiger partial charge in [0.15, 0.2) is 0 Å². The van der Waals surface area contributed by atoms with E-state index in [4.69, 9.17) is 4.42 Å². The Bertz CT molecular complexity index is 531. The van der Waals surface area contributed by atoms with Crippen molar-refractivity contribution in [3.63, 3.8) is 0 Å². The van der Waals surface area contributed by atoms with E-state index < -0.39 is 0 Å². The number of furan rings is 1. The van der Waals surface area contributed by atoms with E-state index in [1.807, 2.05) is 11.3 Å². The zero-order valence-corrected chi connectivity index (χ0v) is 14.3. The van der Waals surface area contributed by atoms with Gasteiger partial charge >= 0.3 is 0 Å². The zero-order chi connectivity index (χ0) is 15.2. The quantitative estimate of drug-likeness (QED) is 0.803. The molecule has 0 saturated carbocycles. The minimum atomic E-state index is 0.478. The molecule has 0 spiro atoms. The standard InChI is InChI=1S/C17H26N2OS/c1-13(2)18-11-17-14(3)10-15(20-17)12-19(4)8-7-16-6-5-9-21-16/h5-6,9-10,13,18H,7-8,11-12H2,1-4H3. The van der Waals surface area contributed by atoms with Gasteiger partial charge < -0.3 is 9.73 Å². The minimum absolute atomic E-state index is 0.478. The second-order valence-electron chi connectivity index (χ2n) is 5.92. The van der Waals surface area contributed by atoms with Crippen molar-refractivity contribution in [1.29, 1.82) is 0 Å². The molecule has 3 nitrogen and oxygen atoms in total. The van der Waals surface area contributed by atoms with Gasteiger partial charge in [0, 0.05) is 17.5 Å². The van der Waals surface area contributed by atoms with Gasteiger partial charge in [-0.1, -0.05) is 19.9 Å². The van der Waals surface area contributed by atoms with Crippen LogP contribution in [0.25, 0.3) is 0 Å².